The third-order valence-electron chi connectivity index (χ3n) is 3.56. The Hall–Kier alpha value is -1.13. The van der Waals surface area contributed by atoms with Crippen molar-refractivity contribution >= 4 is 11.3 Å². The summed E-state index contributed by atoms with van der Waals surface area (Å²) in [5, 5.41) is 0. The van der Waals surface area contributed by atoms with Crippen LogP contribution in [0.1, 0.15) is 33.6 Å². The summed E-state index contributed by atoms with van der Waals surface area (Å²) in [5.74, 6) is 1.75. The van der Waals surface area contributed by atoms with Gasteiger partial charge in [0, 0.05) is 40.7 Å². The van der Waals surface area contributed by atoms with Crippen LogP contribution < -0.4 is 0 Å². The van der Waals surface area contributed by atoms with Crippen molar-refractivity contribution in [3.05, 3.63) is 39.6 Å². The summed E-state index contributed by atoms with van der Waals surface area (Å²) >= 11 is 1.91. The van der Waals surface area contributed by atoms with Gasteiger partial charge in [0.1, 0.15) is 5.82 Å². The molecule has 2 aromatic heterocycles. The Morgan fingerprint density at radius 1 is 1.44 bits per heavy atom. The second-order valence-electron chi connectivity index (χ2n) is 5.18. The molecule has 0 saturated carbocycles. The first-order chi connectivity index (χ1) is 8.70. The van der Waals surface area contributed by atoms with Gasteiger partial charge < -0.3 is 4.98 Å². The lowest BCUT2D eigenvalue weighted by Crippen LogP contribution is -2.19. The lowest BCUT2D eigenvalue weighted by molar-refractivity contribution is 0.329. The summed E-state index contributed by atoms with van der Waals surface area (Å²) in [5.41, 5.74) is 1.16. The van der Waals surface area contributed by atoms with Crippen LogP contribution in [0.25, 0.3) is 0 Å². The smallest absolute Gasteiger partial charge is 0.110 e. The van der Waals surface area contributed by atoms with Crippen LogP contribution in [-0.4, -0.2) is 28.0 Å². The van der Waals surface area contributed by atoms with E-state index in [1.807, 2.05) is 17.5 Å². The number of likely N-dealkylation sites (tertiary alicyclic amines) is 1. The molecule has 1 unspecified atom stereocenters. The highest BCUT2D eigenvalue weighted by atomic mass is 32.1. The van der Waals surface area contributed by atoms with Gasteiger partial charge in [0.2, 0.25) is 0 Å². The minimum Gasteiger partial charge on any atom is -0.346 e. The monoisotopic (exact) mass is 261 g/mol. The highest BCUT2D eigenvalue weighted by molar-refractivity contribution is 7.11. The number of thiophene rings is 1. The fourth-order valence-electron chi connectivity index (χ4n) is 2.63. The van der Waals surface area contributed by atoms with Gasteiger partial charge in [-0.15, -0.1) is 11.3 Å². The van der Waals surface area contributed by atoms with Crippen molar-refractivity contribution in [1.29, 1.82) is 0 Å². The van der Waals surface area contributed by atoms with Crippen molar-refractivity contribution < 1.29 is 0 Å². The quantitative estimate of drug-likeness (QED) is 0.920. The van der Waals surface area contributed by atoms with Gasteiger partial charge in [0.15, 0.2) is 0 Å². The SMILES string of the molecule is Cc1cnc(C2CCN(Cc3ccc(C)s3)C2)[nH]1. The third-order valence-corrected chi connectivity index (χ3v) is 4.54. The van der Waals surface area contributed by atoms with Gasteiger partial charge in [0.25, 0.3) is 0 Å². The van der Waals surface area contributed by atoms with Crippen molar-refractivity contribution in [2.75, 3.05) is 13.1 Å². The van der Waals surface area contributed by atoms with Gasteiger partial charge in [-0.25, -0.2) is 4.98 Å². The van der Waals surface area contributed by atoms with Crippen LogP contribution in [-0.2, 0) is 6.54 Å². The maximum atomic E-state index is 4.46. The van der Waals surface area contributed by atoms with Crippen LogP contribution in [0.4, 0.5) is 0 Å². The second-order valence-corrected chi connectivity index (χ2v) is 6.56. The van der Waals surface area contributed by atoms with Crippen LogP contribution in [0.15, 0.2) is 18.3 Å². The molecule has 18 heavy (non-hydrogen) atoms. The fraction of sp³-hybridized carbons (Fsp3) is 0.500. The van der Waals surface area contributed by atoms with Crippen molar-refractivity contribution in [2.24, 2.45) is 0 Å². The molecule has 0 aromatic carbocycles. The zero-order valence-corrected chi connectivity index (χ0v) is 11.8. The van der Waals surface area contributed by atoms with E-state index in [1.54, 1.807) is 0 Å². The fourth-order valence-corrected chi connectivity index (χ4v) is 3.56. The molecule has 1 atom stereocenters. The minimum atomic E-state index is 0.583. The van der Waals surface area contributed by atoms with Crippen molar-refractivity contribution in [1.82, 2.24) is 14.9 Å². The maximum absolute atomic E-state index is 4.46. The summed E-state index contributed by atoms with van der Waals surface area (Å²) < 4.78 is 0. The molecule has 0 radical (unpaired) electrons. The van der Waals surface area contributed by atoms with Crippen LogP contribution in [0.5, 0.6) is 0 Å². The molecule has 3 nitrogen and oxygen atoms in total. The highest BCUT2D eigenvalue weighted by Gasteiger charge is 2.25. The molecule has 1 N–H and O–H groups in total. The molecule has 0 amide bonds. The molecule has 3 rings (SSSR count). The number of hydrogen-bond donors (Lipinski definition) is 1. The molecule has 1 aliphatic rings. The minimum absolute atomic E-state index is 0.583. The van der Waals surface area contributed by atoms with E-state index in [9.17, 15) is 0 Å². The van der Waals surface area contributed by atoms with Crippen molar-refractivity contribution in [2.45, 2.75) is 32.7 Å². The van der Waals surface area contributed by atoms with Crippen LogP contribution in [0.2, 0.25) is 0 Å². The normalized spacial score (nSPS) is 20.7. The molecule has 2 aromatic rings. The van der Waals surface area contributed by atoms with E-state index in [1.165, 1.54) is 22.7 Å². The second kappa shape index (κ2) is 4.86. The van der Waals surface area contributed by atoms with E-state index in [2.05, 4.69) is 40.8 Å². The molecular formula is C14H19N3S. The highest BCUT2D eigenvalue weighted by Crippen LogP contribution is 2.27. The molecule has 1 saturated heterocycles. The summed E-state index contributed by atoms with van der Waals surface area (Å²) in [7, 11) is 0. The van der Waals surface area contributed by atoms with Gasteiger partial charge in [-0.1, -0.05) is 0 Å². The Bertz CT molecular complexity index is 529. The lowest BCUT2D eigenvalue weighted by atomic mass is 10.1. The molecule has 3 heterocycles. The van der Waals surface area contributed by atoms with E-state index < -0.39 is 0 Å². The van der Waals surface area contributed by atoms with E-state index in [0.29, 0.717) is 5.92 Å². The summed E-state index contributed by atoms with van der Waals surface area (Å²) in [6, 6.07) is 4.47. The predicted molar refractivity (Wildman–Crippen MR) is 75.0 cm³/mol. The van der Waals surface area contributed by atoms with Gasteiger partial charge in [0.05, 0.1) is 0 Å². The molecule has 1 fully saturated rings. The molecular weight excluding hydrogens is 242 g/mol. The maximum Gasteiger partial charge on any atom is 0.110 e. The van der Waals surface area contributed by atoms with Gasteiger partial charge in [-0.3, -0.25) is 4.90 Å². The Balaban J connectivity index is 1.61. The van der Waals surface area contributed by atoms with Crippen LogP contribution in [0, 0.1) is 13.8 Å². The van der Waals surface area contributed by atoms with Crippen LogP contribution in [0.3, 0.4) is 0 Å². The molecule has 0 bridgehead atoms. The largest absolute Gasteiger partial charge is 0.346 e. The summed E-state index contributed by atoms with van der Waals surface area (Å²) in [4.78, 5) is 13.3. The molecule has 96 valence electrons. The average Bonchev–Trinajstić information content (AvgIpc) is 3.01. The van der Waals surface area contributed by atoms with Crippen molar-refractivity contribution in [3.63, 3.8) is 0 Å². The number of aromatic nitrogens is 2. The van der Waals surface area contributed by atoms with E-state index in [-0.39, 0.29) is 0 Å². The topological polar surface area (TPSA) is 31.9 Å². The number of aromatic amines is 1. The number of imidazole rings is 1. The van der Waals surface area contributed by atoms with E-state index in [4.69, 9.17) is 0 Å². The Morgan fingerprint density at radius 2 is 2.33 bits per heavy atom. The lowest BCUT2D eigenvalue weighted by Gasteiger charge is -2.14. The third kappa shape index (κ3) is 2.49. The summed E-state index contributed by atoms with van der Waals surface area (Å²) in [6.07, 6.45) is 3.15. The standard InChI is InChI=1S/C14H19N3S/c1-10-7-15-14(16-10)12-5-6-17(8-12)9-13-4-3-11(2)18-13/h3-4,7,12H,5-6,8-9H2,1-2H3,(H,15,16). The number of rotatable bonds is 3. The van der Waals surface area contributed by atoms with Gasteiger partial charge >= 0.3 is 0 Å². The first-order valence-corrected chi connectivity index (χ1v) is 7.31. The van der Waals surface area contributed by atoms with E-state index in [0.717, 1.165) is 24.6 Å². The average molecular weight is 261 g/mol. The Labute approximate surface area is 112 Å². The summed E-state index contributed by atoms with van der Waals surface area (Å²) in [6.45, 7) is 7.64. The van der Waals surface area contributed by atoms with E-state index >= 15 is 0 Å². The molecule has 0 spiro atoms. The zero-order valence-electron chi connectivity index (χ0n) is 10.9. The number of hydrogen-bond acceptors (Lipinski definition) is 3. The first kappa shape index (κ1) is 11.9. The van der Waals surface area contributed by atoms with Crippen LogP contribution >= 0.6 is 11.3 Å². The number of nitrogens with zero attached hydrogens (tertiary/aromatic N) is 2. The number of H-pyrrole nitrogens is 1. The number of aryl methyl sites for hydroxylation is 2. The zero-order chi connectivity index (χ0) is 12.5. The molecule has 0 aliphatic carbocycles. The predicted octanol–water partition coefficient (Wildman–Crippen LogP) is 3.08. The van der Waals surface area contributed by atoms with Gasteiger partial charge in [-0.05, 0) is 38.9 Å². The van der Waals surface area contributed by atoms with Crippen molar-refractivity contribution in [3.8, 4) is 0 Å². The van der Waals surface area contributed by atoms with Gasteiger partial charge in [-0.2, -0.15) is 0 Å². The molecule has 1 aliphatic heterocycles. The number of nitrogens with one attached hydrogen (secondary N) is 1. The Kier molecular flexibility index (Phi) is 3.22. The molecule has 4 heteroatoms. The Morgan fingerprint density at radius 3 is 3.00 bits per heavy atom. The first-order valence-electron chi connectivity index (χ1n) is 6.50.